The number of halogens is 1. The lowest BCUT2D eigenvalue weighted by atomic mass is 10.2. The summed E-state index contributed by atoms with van der Waals surface area (Å²) in [6, 6.07) is 0. The third-order valence-corrected chi connectivity index (χ3v) is 2.80. The first kappa shape index (κ1) is 11.7. The topological polar surface area (TPSA) is 89.9 Å². The fourth-order valence-electron chi connectivity index (χ4n) is 1.43. The maximum atomic E-state index is 5.96. The standard InChI is InChI=1S/C10H12ClN5O/c1-5-7(6(2)17-16-5)3-13-10-8(11)9(12)14-4-15-10/h4H,3H2,1-2H3,(H3,12,13,14,15). The third kappa shape index (κ3) is 2.31. The number of anilines is 2. The van der Waals surface area contributed by atoms with Crippen molar-refractivity contribution in [2.45, 2.75) is 20.4 Å². The Balaban J connectivity index is 2.15. The molecule has 0 radical (unpaired) electrons. The van der Waals surface area contributed by atoms with Crippen LogP contribution in [0.2, 0.25) is 5.02 Å². The van der Waals surface area contributed by atoms with Gasteiger partial charge in [-0.3, -0.25) is 0 Å². The zero-order chi connectivity index (χ0) is 12.4. The molecule has 7 heteroatoms. The average molecular weight is 254 g/mol. The van der Waals surface area contributed by atoms with E-state index >= 15 is 0 Å². The molecule has 17 heavy (non-hydrogen) atoms. The fourth-order valence-corrected chi connectivity index (χ4v) is 1.60. The van der Waals surface area contributed by atoms with Crippen molar-refractivity contribution in [3.8, 4) is 0 Å². The lowest BCUT2D eigenvalue weighted by molar-refractivity contribution is 0.392. The Hall–Kier alpha value is -1.82. The smallest absolute Gasteiger partial charge is 0.150 e. The van der Waals surface area contributed by atoms with E-state index in [1.54, 1.807) is 0 Å². The van der Waals surface area contributed by atoms with Crippen molar-refractivity contribution in [3.05, 3.63) is 28.4 Å². The van der Waals surface area contributed by atoms with Gasteiger partial charge >= 0.3 is 0 Å². The lowest BCUT2D eigenvalue weighted by Crippen LogP contribution is -2.05. The average Bonchev–Trinajstić information content (AvgIpc) is 2.62. The van der Waals surface area contributed by atoms with Gasteiger partial charge in [-0.05, 0) is 13.8 Å². The molecule has 0 fully saturated rings. The Morgan fingerprint density at radius 2 is 2.18 bits per heavy atom. The third-order valence-electron chi connectivity index (χ3n) is 2.43. The van der Waals surface area contributed by atoms with Crippen LogP contribution < -0.4 is 11.1 Å². The minimum absolute atomic E-state index is 0.253. The monoisotopic (exact) mass is 253 g/mol. The predicted molar refractivity (Wildman–Crippen MR) is 64.8 cm³/mol. The van der Waals surface area contributed by atoms with Crippen molar-refractivity contribution in [2.24, 2.45) is 0 Å². The van der Waals surface area contributed by atoms with E-state index in [9.17, 15) is 0 Å². The molecule has 0 saturated heterocycles. The number of nitrogens with zero attached hydrogens (tertiary/aromatic N) is 3. The summed E-state index contributed by atoms with van der Waals surface area (Å²) < 4.78 is 5.06. The SMILES string of the molecule is Cc1noc(C)c1CNc1ncnc(N)c1Cl. The van der Waals surface area contributed by atoms with Gasteiger partial charge in [-0.15, -0.1) is 0 Å². The van der Waals surface area contributed by atoms with Gasteiger partial charge in [0.1, 0.15) is 22.9 Å². The molecule has 0 aliphatic heterocycles. The molecule has 0 unspecified atom stereocenters. The van der Waals surface area contributed by atoms with Gasteiger partial charge in [0.15, 0.2) is 5.82 Å². The van der Waals surface area contributed by atoms with E-state index in [0.717, 1.165) is 17.0 Å². The Morgan fingerprint density at radius 1 is 1.41 bits per heavy atom. The molecule has 0 aliphatic rings. The van der Waals surface area contributed by atoms with E-state index < -0.39 is 0 Å². The predicted octanol–water partition coefficient (Wildman–Crippen LogP) is 1.93. The number of rotatable bonds is 3. The number of nitrogens with one attached hydrogen (secondary N) is 1. The molecule has 0 aromatic carbocycles. The number of hydrogen-bond acceptors (Lipinski definition) is 6. The van der Waals surface area contributed by atoms with Crippen LogP contribution >= 0.6 is 11.6 Å². The van der Waals surface area contributed by atoms with Gasteiger partial charge in [0.25, 0.3) is 0 Å². The maximum Gasteiger partial charge on any atom is 0.150 e. The van der Waals surface area contributed by atoms with Gasteiger partial charge in [0.05, 0.1) is 5.69 Å². The molecule has 2 heterocycles. The van der Waals surface area contributed by atoms with Crippen LogP contribution in [0.3, 0.4) is 0 Å². The first-order chi connectivity index (χ1) is 8.09. The van der Waals surface area contributed by atoms with Gasteiger partial charge in [0.2, 0.25) is 0 Å². The number of hydrogen-bond donors (Lipinski definition) is 2. The number of nitrogen functional groups attached to an aromatic ring is 1. The van der Waals surface area contributed by atoms with E-state index in [2.05, 4.69) is 20.4 Å². The summed E-state index contributed by atoms with van der Waals surface area (Å²) in [6.07, 6.45) is 1.36. The Labute approximate surface area is 103 Å². The summed E-state index contributed by atoms with van der Waals surface area (Å²) >= 11 is 5.96. The molecule has 2 aromatic rings. The summed E-state index contributed by atoms with van der Waals surface area (Å²) in [6.45, 7) is 4.26. The number of aromatic nitrogens is 3. The highest BCUT2D eigenvalue weighted by atomic mass is 35.5. The Morgan fingerprint density at radius 3 is 2.82 bits per heavy atom. The van der Waals surface area contributed by atoms with Crippen molar-refractivity contribution < 1.29 is 4.52 Å². The molecule has 2 aromatic heterocycles. The lowest BCUT2D eigenvalue weighted by Gasteiger charge is -2.07. The Bertz CT molecular complexity index is 520. The normalized spacial score (nSPS) is 10.5. The molecule has 0 amide bonds. The van der Waals surface area contributed by atoms with Gasteiger partial charge in [-0.1, -0.05) is 16.8 Å². The van der Waals surface area contributed by atoms with Gasteiger partial charge in [0, 0.05) is 12.1 Å². The second kappa shape index (κ2) is 4.58. The zero-order valence-electron chi connectivity index (χ0n) is 9.49. The van der Waals surface area contributed by atoms with Crippen molar-refractivity contribution >= 4 is 23.2 Å². The van der Waals surface area contributed by atoms with Gasteiger partial charge in [-0.2, -0.15) is 0 Å². The van der Waals surface area contributed by atoms with Crippen LogP contribution in [0, 0.1) is 13.8 Å². The molecule has 0 saturated carbocycles. The van der Waals surface area contributed by atoms with Crippen LogP contribution in [0.1, 0.15) is 17.0 Å². The molecular formula is C10H12ClN5O. The van der Waals surface area contributed by atoms with Crippen LogP contribution in [-0.4, -0.2) is 15.1 Å². The minimum Gasteiger partial charge on any atom is -0.382 e. The maximum absolute atomic E-state index is 5.96. The van der Waals surface area contributed by atoms with Crippen LogP contribution in [0.4, 0.5) is 11.6 Å². The van der Waals surface area contributed by atoms with Gasteiger partial charge < -0.3 is 15.6 Å². The van der Waals surface area contributed by atoms with Gasteiger partial charge in [-0.25, -0.2) is 9.97 Å². The second-order valence-corrected chi connectivity index (χ2v) is 3.96. The van der Waals surface area contributed by atoms with Crippen LogP contribution in [-0.2, 0) is 6.54 Å². The molecule has 0 spiro atoms. The molecule has 6 nitrogen and oxygen atoms in total. The minimum atomic E-state index is 0.253. The van der Waals surface area contributed by atoms with Crippen LogP contribution in [0.15, 0.2) is 10.9 Å². The molecule has 0 bridgehead atoms. The first-order valence-electron chi connectivity index (χ1n) is 5.01. The van der Waals surface area contributed by atoms with E-state index in [1.807, 2.05) is 13.8 Å². The summed E-state index contributed by atoms with van der Waals surface area (Å²) in [5.74, 6) is 1.52. The Kier molecular flexibility index (Phi) is 3.14. The van der Waals surface area contributed by atoms with E-state index in [4.69, 9.17) is 21.9 Å². The molecule has 3 N–H and O–H groups in total. The highest BCUT2D eigenvalue weighted by molar-refractivity contribution is 6.35. The molecule has 0 atom stereocenters. The first-order valence-corrected chi connectivity index (χ1v) is 5.39. The van der Waals surface area contributed by atoms with Crippen molar-refractivity contribution in [1.29, 1.82) is 0 Å². The van der Waals surface area contributed by atoms with Crippen molar-refractivity contribution in [3.63, 3.8) is 0 Å². The van der Waals surface area contributed by atoms with Crippen LogP contribution in [0.5, 0.6) is 0 Å². The molecular weight excluding hydrogens is 242 g/mol. The van der Waals surface area contributed by atoms with E-state index in [1.165, 1.54) is 6.33 Å². The molecule has 90 valence electrons. The summed E-state index contributed by atoms with van der Waals surface area (Å²) in [5, 5.41) is 7.26. The highest BCUT2D eigenvalue weighted by Crippen LogP contribution is 2.24. The van der Waals surface area contributed by atoms with Crippen molar-refractivity contribution in [2.75, 3.05) is 11.1 Å². The summed E-state index contributed by atoms with van der Waals surface area (Å²) in [5.41, 5.74) is 7.40. The summed E-state index contributed by atoms with van der Waals surface area (Å²) in [7, 11) is 0. The summed E-state index contributed by atoms with van der Waals surface area (Å²) in [4.78, 5) is 7.80. The van der Waals surface area contributed by atoms with E-state index in [0.29, 0.717) is 17.4 Å². The van der Waals surface area contributed by atoms with Crippen molar-refractivity contribution in [1.82, 2.24) is 15.1 Å². The molecule has 0 aliphatic carbocycles. The van der Waals surface area contributed by atoms with E-state index in [-0.39, 0.29) is 5.82 Å². The number of nitrogens with two attached hydrogens (primary N) is 1. The zero-order valence-corrected chi connectivity index (χ0v) is 10.2. The van der Waals surface area contributed by atoms with Crippen LogP contribution in [0.25, 0.3) is 0 Å². The quantitative estimate of drug-likeness (QED) is 0.869. The fraction of sp³-hybridized carbons (Fsp3) is 0.300. The second-order valence-electron chi connectivity index (χ2n) is 3.58. The highest BCUT2D eigenvalue weighted by Gasteiger charge is 2.11. The largest absolute Gasteiger partial charge is 0.382 e. The number of aryl methyl sites for hydroxylation is 2. The molecule has 2 rings (SSSR count).